The molecule has 2 bridgehead atoms. The molecule has 2 aliphatic rings. The third-order valence-corrected chi connectivity index (χ3v) is 4.96. The lowest BCUT2D eigenvalue weighted by Crippen LogP contribution is -2.48. The molecular formula is C14H14N2O4S. The maximum atomic E-state index is 12.2. The second-order valence-corrected chi connectivity index (χ2v) is 6.21. The van der Waals surface area contributed by atoms with E-state index >= 15 is 0 Å². The maximum absolute atomic E-state index is 12.2. The summed E-state index contributed by atoms with van der Waals surface area (Å²) in [6, 6.07) is 3.38. The van der Waals surface area contributed by atoms with E-state index in [0.29, 0.717) is 11.3 Å². The zero-order valence-electron chi connectivity index (χ0n) is 11.0. The van der Waals surface area contributed by atoms with E-state index in [1.54, 1.807) is 17.5 Å². The van der Waals surface area contributed by atoms with Crippen molar-refractivity contribution in [2.24, 2.45) is 23.7 Å². The quantitative estimate of drug-likeness (QED) is 0.574. The second-order valence-electron chi connectivity index (χ2n) is 5.26. The van der Waals surface area contributed by atoms with Gasteiger partial charge in [0.25, 0.3) is 5.91 Å². The number of thiophene rings is 1. The van der Waals surface area contributed by atoms with Gasteiger partial charge in [0.15, 0.2) is 0 Å². The minimum atomic E-state index is -0.961. The Bertz CT molecular complexity index is 611. The Hall–Kier alpha value is -2.15. The zero-order chi connectivity index (χ0) is 15.0. The van der Waals surface area contributed by atoms with Gasteiger partial charge in [-0.15, -0.1) is 11.3 Å². The van der Waals surface area contributed by atoms with Crippen molar-refractivity contribution in [3.63, 3.8) is 0 Å². The fourth-order valence-electron chi connectivity index (χ4n) is 3.19. The molecule has 3 N–H and O–H groups in total. The number of aliphatic carboxylic acids is 1. The van der Waals surface area contributed by atoms with E-state index in [2.05, 4.69) is 10.9 Å². The van der Waals surface area contributed by atoms with E-state index in [9.17, 15) is 19.5 Å². The fraction of sp³-hybridized carbons (Fsp3) is 0.357. The average Bonchev–Trinajstić information content (AvgIpc) is 3.17. The lowest BCUT2D eigenvalue weighted by Gasteiger charge is -2.23. The number of carbonyl (C=O) groups excluding carboxylic acids is 2. The average molecular weight is 306 g/mol. The van der Waals surface area contributed by atoms with Crippen molar-refractivity contribution in [2.75, 3.05) is 0 Å². The first-order valence-corrected chi connectivity index (χ1v) is 7.50. The molecule has 0 radical (unpaired) electrons. The molecule has 1 heterocycles. The first-order chi connectivity index (χ1) is 10.1. The molecule has 0 saturated heterocycles. The number of carboxylic acids is 1. The number of allylic oxidation sites excluding steroid dienone is 2. The summed E-state index contributed by atoms with van der Waals surface area (Å²) in [5, 5.41) is 11.0. The van der Waals surface area contributed by atoms with Gasteiger partial charge in [-0.3, -0.25) is 25.2 Å². The number of rotatable bonds is 3. The summed E-state index contributed by atoms with van der Waals surface area (Å²) < 4.78 is 0. The van der Waals surface area contributed by atoms with Crippen molar-refractivity contribution in [3.05, 3.63) is 34.5 Å². The minimum Gasteiger partial charge on any atom is -0.481 e. The first-order valence-electron chi connectivity index (χ1n) is 6.62. The first kappa shape index (κ1) is 13.8. The highest BCUT2D eigenvalue weighted by Gasteiger charge is 2.51. The predicted molar refractivity (Wildman–Crippen MR) is 75.3 cm³/mol. The molecule has 0 aromatic carbocycles. The Balaban J connectivity index is 1.64. The van der Waals surface area contributed by atoms with Crippen LogP contribution in [0.3, 0.4) is 0 Å². The van der Waals surface area contributed by atoms with Crippen molar-refractivity contribution in [1.82, 2.24) is 10.9 Å². The number of hydrogen-bond acceptors (Lipinski definition) is 4. The van der Waals surface area contributed by atoms with Gasteiger partial charge >= 0.3 is 5.97 Å². The minimum absolute atomic E-state index is 0.0604. The van der Waals surface area contributed by atoms with Crippen LogP contribution in [0.25, 0.3) is 0 Å². The van der Waals surface area contributed by atoms with Crippen LogP contribution < -0.4 is 10.9 Å². The second kappa shape index (κ2) is 5.33. The van der Waals surface area contributed by atoms with Crippen LogP contribution in [0.15, 0.2) is 29.7 Å². The number of hydrazine groups is 1. The van der Waals surface area contributed by atoms with Crippen molar-refractivity contribution in [1.29, 1.82) is 0 Å². The number of carbonyl (C=O) groups is 3. The van der Waals surface area contributed by atoms with E-state index in [-0.39, 0.29) is 11.8 Å². The Morgan fingerprint density at radius 2 is 1.86 bits per heavy atom. The SMILES string of the molecule is O=C(NNC(=O)[C@H]1[C@@H](C(=O)O)[C@H]2C=C[C@H]1C2)c1cccs1. The molecule has 1 aromatic rings. The molecule has 2 amide bonds. The van der Waals surface area contributed by atoms with Crippen LogP contribution in [0.1, 0.15) is 16.1 Å². The molecule has 0 spiro atoms. The highest BCUT2D eigenvalue weighted by atomic mass is 32.1. The summed E-state index contributed by atoms with van der Waals surface area (Å²) in [6.45, 7) is 0. The summed E-state index contributed by atoms with van der Waals surface area (Å²) in [5.41, 5.74) is 4.69. The van der Waals surface area contributed by atoms with Crippen molar-refractivity contribution < 1.29 is 19.5 Å². The molecule has 2 aliphatic carbocycles. The van der Waals surface area contributed by atoms with E-state index in [1.807, 2.05) is 12.2 Å². The molecule has 1 saturated carbocycles. The molecule has 0 aliphatic heterocycles. The van der Waals surface area contributed by atoms with Gasteiger partial charge in [-0.05, 0) is 29.7 Å². The Morgan fingerprint density at radius 1 is 1.14 bits per heavy atom. The highest BCUT2D eigenvalue weighted by molar-refractivity contribution is 7.12. The van der Waals surface area contributed by atoms with E-state index < -0.39 is 29.6 Å². The smallest absolute Gasteiger partial charge is 0.307 e. The molecular weight excluding hydrogens is 292 g/mol. The van der Waals surface area contributed by atoms with Gasteiger partial charge in [0.05, 0.1) is 16.7 Å². The largest absolute Gasteiger partial charge is 0.481 e. The van der Waals surface area contributed by atoms with Gasteiger partial charge in [-0.25, -0.2) is 0 Å². The maximum Gasteiger partial charge on any atom is 0.307 e. The molecule has 1 aromatic heterocycles. The lowest BCUT2D eigenvalue weighted by molar-refractivity contribution is -0.148. The van der Waals surface area contributed by atoms with Crippen LogP contribution in [0.4, 0.5) is 0 Å². The molecule has 21 heavy (non-hydrogen) atoms. The van der Waals surface area contributed by atoms with Crippen molar-refractivity contribution in [3.8, 4) is 0 Å². The molecule has 3 rings (SSSR count). The van der Waals surface area contributed by atoms with Crippen LogP contribution in [0.5, 0.6) is 0 Å². The van der Waals surface area contributed by atoms with Crippen LogP contribution in [0.2, 0.25) is 0 Å². The standard InChI is InChI=1S/C14H14N2O4S/c17-12(9-2-1-5-21-9)15-16-13(18)10-7-3-4-8(6-7)11(10)14(19)20/h1-5,7-8,10-11H,6H2,(H,15,17)(H,16,18)(H,19,20)/t7-,8-,10+,11-/m0/s1. The number of amides is 2. The van der Waals surface area contributed by atoms with Crippen LogP contribution in [0, 0.1) is 23.7 Å². The number of carboxylic acid groups (broad SMARTS) is 1. The van der Waals surface area contributed by atoms with Crippen LogP contribution in [-0.2, 0) is 9.59 Å². The predicted octanol–water partition coefficient (Wildman–Crippen LogP) is 1.03. The van der Waals surface area contributed by atoms with Crippen LogP contribution >= 0.6 is 11.3 Å². The van der Waals surface area contributed by atoms with Gasteiger partial charge in [-0.2, -0.15) is 0 Å². The fourth-order valence-corrected chi connectivity index (χ4v) is 3.81. The van der Waals surface area contributed by atoms with Crippen LogP contribution in [-0.4, -0.2) is 22.9 Å². The Labute approximate surface area is 124 Å². The summed E-state index contributed by atoms with van der Waals surface area (Å²) in [7, 11) is 0. The summed E-state index contributed by atoms with van der Waals surface area (Å²) in [5.74, 6) is -3.28. The number of hydrogen-bond donors (Lipinski definition) is 3. The monoisotopic (exact) mass is 306 g/mol. The van der Waals surface area contributed by atoms with E-state index in [1.165, 1.54) is 11.3 Å². The molecule has 6 nitrogen and oxygen atoms in total. The van der Waals surface area contributed by atoms with Gasteiger partial charge in [0.2, 0.25) is 5.91 Å². The molecule has 110 valence electrons. The normalized spacial score (nSPS) is 29.3. The molecule has 0 unspecified atom stereocenters. The number of nitrogens with one attached hydrogen (secondary N) is 2. The van der Waals surface area contributed by atoms with Gasteiger partial charge in [-0.1, -0.05) is 18.2 Å². The zero-order valence-corrected chi connectivity index (χ0v) is 11.8. The summed E-state index contributed by atoms with van der Waals surface area (Å²) >= 11 is 1.26. The topological polar surface area (TPSA) is 95.5 Å². The highest BCUT2D eigenvalue weighted by Crippen LogP contribution is 2.48. The summed E-state index contributed by atoms with van der Waals surface area (Å²) in [6.07, 6.45) is 4.46. The van der Waals surface area contributed by atoms with Gasteiger partial charge < -0.3 is 5.11 Å². The van der Waals surface area contributed by atoms with Gasteiger partial charge in [0, 0.05) is 0 Å². The lowest BCUT2D eigenvalue weighted by atomic mass is 9.82. The Kier molecular flexibility index (Phi) is 3.50. The third kappa shape index (κ3) is 2.44. The van der Waals surface area contributed by atoms with Gasteiger partial charge in [0.1, 0.15) is 0 Å². The molecule has 4 atom stereocenters. The number of fused-ring (bicyclic) bond motifs is 2. The third-order valence-electron chi connectivity index (χ3n) is 4.09. The summed E-state index contributed by atoms with van der Waals surface area (Å²) in [4.78, 5) is 35.8. The van der Waals surface area contributed by atoms with Crippen molar-refractivity contribution in [2.45, 2.75) is 6.42 Å². The molecule has 7 heteroatoms. The van der Waals surface area contributed by atoms with E-state index in [4.69, 9.17) is 0 Å². The van der Waals surface area contributed by atoms with Crippen molar-refractivity contribution >= 4 is 29.1 Å². The van der Waals surface area contributed by atoms with E-state index in [0.717, 1.165) is 0 Å². The molecule has 1 fully saturated rings. The Morgan fingerprint density at radius 3 is 2.48 bits per heavy atom.